The van der Waals surface area contributed by atoms with Crippen LogP contribution in [-0.2, 0) is 18.4 Å². The molecule has 0 aliphatic heterocycles. The van der Waals surface area contributed by atoms with Crippen LogP contribution in [0.2, 0.25) is 0 Å². The van der Waals surface area contributed by atoms with Crippen molar-refractivity contribution in [2.75, 3.05) is 0 Å². The van der Waals surface area contributed by atoms with E-state index in [0.29, 0.717) is 25.4 Å². The van der Waals surface area contributed by atoms with Gasteiger partial charge in [-0.15, -0.1) is 5.92 Å². The van der Waals surface area contributed by atoms with Crippen LogP contribution in [0.1, 0.15) is 61.9 Å². The molecule has 1 fully saturated rings. The van der Waals surface area contributed by atoms with Gasteiger partial charge in [0.1, 0.15) is 12.4 Å². The van der Waals surface area contributed by atoms with Crippen LogP contribution in [0, 0.1) is 24.7 Å². The van der Waals surface area contributed by atoms with Crippen molar-refractivity contribution < 1.29 is 14.9 Å². The third kappa shape index (κ3) is 3.62. The molecule has 1 saturated carbocycles. The molecule has 4 unspecified atom stereocenters. The Bertz CT molecular complexity index is 974. The van der Waals surface area contributed by atoms with Gasteiger partial charge in [-0.05, 0) is 81.2 Å². The Hall–Kier alpha value is -2.35. The Kier molecular flexibility index (Phi) is 5.61. The van der Waals surface area contributed by atoms with E-state index >= 15 is 0 Å². The molecule has 4 rings (SSSR count). The SMILES string of the molecule is CC#CC1(O)CC2CCc3cc(OCc4ccc(C)nc4)ccc3C2(CC)CC1O. The third-order valence-electron chi connectivity index (χ3n) is 7.17. The zero-order chi connectivity index (χ0) is 21.4. The summed E-state index contributed by atoms with van der Waals surface area (Å²) in [6, 6.07) is 10.4. The minimum absolute atomic E-state index is 0.117. The molecule has 4 atom stereocenters. The average Bonchev–Trinajstić information content (AvgIpc) is 2.74. The highest BCUT2D eigenvalue weighted by Gasteiger charge is 2.54. The molecular weight excluding hydrogens is 374 g/mol. The zero-order valence-corrected chi connectivity index (χ0v) is 18.1. The van der Waals surface area contributed by atoms with E-state index < -0.39 is 11.7 Å². The minimum atomic E-state index is -1.29. The van der Waals surface area contributed by atoms with Crippen molar-refractivity contribution in [2.24, 2.45) is 5.92 Å². The number of pyridine rings is 1. The van der Waals surface area contributed by atoms with Gasteiger partial charge in [-0.25, -0.2) is 0 Å². The number of aromatic nitrogens is 1. The molecule has 0 radical (unpaired) electrons. The summed E-state index contributed by atoms with van der Waals surface area (Å²) in [5, 5.41) is 21.7. The normalized spacial score (nSPS) is 29.9. The molecule has 2 aromatic rings. The summed E-state index contributed by atoms with van der Waals surface area (Å²) < 4.78 is 6.04. The highest BCUT2D eigenvalue weighted by Crippen LogP contribution is 2.54. The van der Waals surface area contributed by atoms with Gasteiger partial charge in [0.05, 0.1) is 6.10 Å². The lowest BCUT2D eigenvalue weighted by atomic mass is 9.52. The van der Waals surface area contributed by atoms with E-state index in [9.17, 15) is 10.2 Å². The standard InChI is InChI=1S/C26H31NO3/c1-4-12-26(29)14-21-9-8-20-13-22(30-17-19-7-6-18(3)27-16-19)10-11-23(20)25(21,5-2)15-24(26)28/h6-7,10-11,13,16,21,24,28-29H,5,8-9,14-15,17H2,1-3H3. The van der Waals surface area contributed by atoms with E-state index in [1.165, 1.54) is 11.1 Å². The van der Waals surface area contributed by atoms with Crippen LogP contribution in [-0.4, -0.2) is 26.9 Å². The van der Waals surface area contributed by atoms with Crippen LogP contribution in [0.15, 0.2) is 36.5 Å². The molecule has 1 heterocycles. The summed E-state index contributed by atoms with van der Waals surface area (Å²) in [7, 11) is 0. The summed E-state index contributed by atoms with van der Waals surface area (Å²) >= 11 is 0. The van der Waals surface area contributed by atoms with Gasteiger partial charge >= 0.3 is 0 Å². The van der Waals surface area contributed by atoms with Crippen molar-refractivity contribution in [2.45, 2.75) is 76.6 Å². The molecule has 158 valence electrons. The Morgan fingerprint density at radius 2 is 2.07 bits per heavy atom. The molecule has 2 aliphatic carbocycles. The smallest absolute Gasteiger partial charge is 0.151 e. The number of hydrogen-bond acceptors (Lipinski definition) is 4. The van der Waals surface area contributed by atoms with Gasteiger partial charge in [-0.2, -0.15) is 0 Å². The van der Waals surface area contributed by atoms with Crippen molar-refractivity contribution in [3.63, 3.8) is 0 Å². The fourth-order valence-corrected chi connectivity index (χ4v) is 5.50. The number of benzene rings is 1. The molecule has 2 aliphatic rings. The van der Waals surface area contributed by atoms with Crippen molar-refractivity contribution in [1.82, 2.24) is 4.98 Å². The molecule has 0 spiro atoms. The van der Waals surface area contributed by atoms with Gasteiger partial charge in [-0.3, -0.25) is 4.98 Å². The van der Waals surface area contributed by atoms with Crippen LogP contribution in [0.3, 0.4) is 0 Å². The van der Waals surface area contributed by atoms with Crippen LogP contribution in [0.4, 0.5) is 0 Å². The Morgan fingerprint density at radius 3 is 2.77 bits per heavy atom. The lowest BCUT2D eigenvalue weighted by Gasteiger charge is -2.53. The van der Waals surface area contributed by atoms with Crippen LogP contribution < -0.4 is 4.74 Å². The maximum absolute atomic E-state index is 10.9. The van der Waals surface area contributed by atoms with Gasteiger partial charge in [0.2, 0.25) is 0 Å². The number of aliphatic hydroxyl groups is 2. The second-order valence-electron chi connectivity index (χ2n) is 8.88. The van der Waals surface area contributed by atoms with Crippen LogP contribution >= 0.6 is 0 Å². The third-order valence-corrected chi connectivity index (χ3v) is 7.17. The van der Waals surface area contributed by atoms with Gasteiger partial charge in [0.25, 0.3) is 0 Å². The van der Waals surface area contributed by atoms with Crippen LogP contribution in [0.25, 0.3) is 0 Å². The summed E-state index contributed by atoms with van der Waals surface area (Å²) in [5.74, 6) is 6.87. The number of hydrogen-bond donors (Lipinski definition) is 2. The van der Waals surface area contributed by atoms with E-state index in [4.69, 9.17) is 4.74 Å². The maximum atomic E-state index is 10.9. The lowest BCUT2D eigenvalue weighted by molar-refractivity contribution is -0.106. The molecule has 0 saturated heterocycles. The highest BCUT2D eigenvalue weighted by molar-refractivity contribution is 5.44. The maximum Gasteiger partial charge on any atom is 0.151 e. The Morgan fingerprint density at radius 1 is 1.23 bits per heavy atom. The van der Waals surface area contributed by atoms with Gasteiger partial charge in [0, 0.05) is 22.9 Å². The second kappa shape index (κ2) is 8.06. The topological polar surface area (TPSA) is 62.6 Å². The van der Waals surface area contributed by atoms with Gasteiger partial charge in [-0.1, -0.05) is 25.0 Å². The molecule has 4 heteroatoms. The Balaban J connectivity index is 1.58. The summed E-state index contributed by atoms with van der Waals surface area (Å²) in [6.45, 7) is 6.38. The van der Waals surface area contributed by atoms with Crippen molar-refractivity contribution >= 4 is 0 Å². The second-order valence-corrected chi connectivity index (χ2v) is 8.88. The summed E-state index contributed by atoms with van der Waals surface area (Å²) in [4.78, 5) is 4.33. The van der Waals surface area contributed by atoms with E-state index in [1.807, 2.05) is 31.3 Å². The number of fused-ring (bicyclic) bond motifs is 3. The summed E-state index contributed by atoms with van der Waals surface area (Å²) in [5.41, 5.74) is 3.24. The number of aliphatic hydroxyl groups excluding tert-OH is 1. The number of rotatable bonds is 4. The fraction of sp³-hybridized carbons (Fsp3) is 0.500. The van der Waals surface area contributed by atoms with E-state index in [1.54, 1.807) is 6.92 Å². The van der Waals surface area contributed by atoms with Crippen molar-refractivity contribution in [3.8, 4) is 17.6 Å². The first-order valence-electron chi connectivity index (χ1n) is 10.9. The number of aryl methyl sites for hydroxylation is 2. The molecule has 30 heavy (non-hydrogen) atoms. The average molecular weight is 406 g/mol. The molecule has 1 aromatic heterocycles. The first-order valence-corrected chi connectivity index (χ1v) is 10.9. The van der Waals surface area contributed by atoms with E-state index in [2.05, 4.69) is 35.9 Å². The van der Waals surface area contributed by atoms with Crippen molar-refractivity contribution in [1.29, 1.82) is 0 Å². The molecular formula is C26H31NO3. The molecule has 4 nitrogen and oxygen atoms in total. The van der Waals surface area contributed by atoms with Crippen molar-refractivity contribution in [3.05, 3.63) is 58.9 Å². The first-order chi connectivity index (χ1) is 14.4. The molecule has 1 aromatic carbocycles. The van der Waals surface area contributed by atoms with Gasteiger partial charge in [0.15, 0.2) is 5.60 Å². The fourth-order valence-electron chi connectivity index (χ4n) is 5.50. The summed E-state index contributed by atoms with van der Waals surface area (Å²) in [6.07, 6.45) is 4.98. The largest absolute Gasteiger partial charge is 0.489 e. The molecule has 0 amide bonds. The van der Waals surface area contributed by atoms with Gasteiger partial charge < -0.3 is 14.9 Å². The number of ether oxygens (including phenoxy) is 1. The van der Waals surface area contributed by atoms with E-state index in [-0.39, 0.29) is 5.41 Å². The minimum Gasteiger partial charge on any atom is -0.489 e. The van der Waals surface area contributed by atoms with Crippen LogP contribution in [0.5, 0.6) is 5.75 Å². The molecule has 2 N–H and O–H groups in total. The molecule has 0 bridgehead atoms. The monoisotopic (exact) mass is 405 g/mol. The predicted molar refractivity (Wildman–Crippen MR) is 117 cm³/mol. The first kappa shape index (κ1) is 20.9. The zero-order valence-electron chi connectivity index (χ0n) is 18.1. The number of nitrogens with zero attached hydrogens (tertiary/aromatic N) is 1. The van der Waals surface area contributed by atoms with E-state index in [0.717, 1.165) is 36.3 Å². The lowest BCUT2D eigenvalue weighted by Crippen LogP contribution is -2.57. The quantitative estimate of drug-likeness (QED) is 0.752. The Labute approximate surface area is 179 Å². The highest BCUT2D eigenvalue weighted by atomic mass is 16.5. The predicted octanol–water partition coefficient (Wildman–Crippen LogP) is 4.09.